The van der Waals surface area contributed by atoms with Crippen molar-refractivity contribution in [1.82, 2.24) is 14.1 Å². The number of carbonyl (C=O) groups excluding carboxylic acids is 1. The zero-order valence-electron chi connectivity index (χ0n) is 8.35. The third-order valence-corrected chi connectivity index (χ3v) is 2.34. The molecule has 1 heterocycles. The van der Waals surface area contributed by atoms with Gasteiger partial charge in [0.15, 0.2) is 5.69 Å². The van der Waals surface area contributed by atoms with E-state index in [2.05, 4.69) is 14.1 Å². The highest BCUT2D eigenvalue weighted by Crippen LogP contribution is 2.13. The number of rotatable bonds is 4. The van der Waals surface area contributed by atoms with Gasteiger partial charge in [0.1, 0.15) is 0 Å². The Bertz CT molecular complexity index is 361. The maximum absolute atomic E-state index is 11.4. The lowest BCUT2D eigenvalue weighted by atomic mass is 9.94. The van der Waals surface area contributed by atoms with Crippen LogP contribution in [0.2, 0.25) is 0 Å². The van der Waals surface area contributed by atoms with E-state index in [-0.39, 0.29) is 12.2 Å². The van der Waals surface area contributed by atoms with Crippen molar-refractivity contribution in [2.24, 2.45) is 5.41 Å². The van der Waals surface area contributed by atoms with Crippen molar-refractivity contribution in [2.45, 2.75) is 13.8 Å². The zero-order chi connectivity index (χ0) is 11.5. The van der Waals surface area contributed by atoms with Crippen LogP contribution in [0.3, 0.4) is 0 Å². The molecule has 0 spiro atoms. The molecule has 1 aromatic rings. The van der Waals surface area contributed by atoms with Crippen molar-refractivity contribution in [2.75, 3.05) is 6.54 Å². The summed E-state index contributed by atoms with van der Waals surface area (Å²) in [5.41, 5.74) is -0.778. The number of aliphatic carboxylic acids is 1. The monoisotopic (exact) mass is 229 g/mol. The molecule has 0 unspecified atom stereocenters. The summed E-state index contributed by atoms with van der Waals surface area (Å²) < 4.78 is 7.41. The number of carbonyl (C=O) groups is 2. The van der Waals surface area contributed by atoms with Crippen LogP contribution in [0.5, 0.6) is 0 Å². The smallest absolute Gasteiger partial charge is 0.310 e. The molecule has 82 valence electrons. The second kappa shape index (κ2) is 4.35. The lowest BCUT2D eigenvalue weighted by Gasteiger charge is -2.18. The van der Waals surface area contributed by atoms with E-state index in [4.69, 9.17) is 5.11 Å². The van der Waals surface area contributed by atoms with Crippen molar-refractivity contribution in [1.29, 1.82) is 0 Å². The number of carboxylic acid groups (broad SMARTS) is 1. The maximum atomic E-state index is 11.4. The van der Waals surface area contributed by atoms with Gasteiger partial charge in [-0.1, -0.05) is 0 Å². The first-order chi connectivity index (χ1) is 6.93. The molecule has 0 saturated heterocycles. The fourth-order valence-electron chi connectivity index (χ4n) is 0.732. The molecule has 0 atom stereocenters. The topological polar surface area (TPSA) is 92.2 Å². The van der Waals surface area contributed by atoms with Gasteiger partial charge < -0.3 is 10.4 Å². The minimum Gasteiger partial charge on any atom is -0.481 e. The van der Waals surface area contributed by atoms with E-state index in [0.29, 0.717) is 0 Å². The van der Waals surface area contributed by atoms with E-state index in [1.54, 1.807) is 0 Å². The van der Waals surface area contributed by atoms with Gasteiger partial charge in [-0.3, -0.25) is 9.59 Å². The summed E-state index contributed by atoms with van der Waals surface area (Å²) in [5.74, 6) is -1.36. The molecule has 0 saturated carbocycles. The first kappa shape index (κ1) is 11.6. The second-order valence-corrected chi connectivity index (χ2v) is 4.22. The Morgan fingerprint density at radius 3 is 2.73 bits per heavy atom. The first-order valence-corrected chi connectivity index (χ1v) is 4.95. The molecule has 0 bridgehead atoms. The summed E-state index contributed by atoms with van der Waals surface area (Å²) in [6.45, 7) is 3.13. The van der Waals surface area contributed by atoms with E-state index in [9.17, 15) is 9.59 Å². The molecule has 0 aliphatic rings. The molecule has 1 amide bonds. The lowest BCUT2D eigenvalue weighted by molar-refractivity contribution is -0.146. The SMILES string of the molecule is CC(C)(CNC(=O)c1cnsn1)C(=O)O. The van der Waals surface area contributed by atoms with Crippen molar-refractivity contribution >= 4 is 23.6 Å². The Kier molecular flexibility index (Phi) is 3.35. The van der Waals surface area contributed by atoms with Crippen molar-refractivity contribution < 1.29 is 14.7 Å². The van der Waals surface area contributed by atoms with Crippen molar-refractivity contribution in [3.8, 4) is 0 Å². The molecule has 6 nitrogen and oxygen atoms in total. The Morgan fingerprint density at radius 1 is 1.60 bits per heavy atom. The van der Waals surface area contributed by atoms with E-state index >= 15 is 0 Å². The van der Waals surface area contributed by atoms with Crippen LogP contribution in [-0.4, -0.2) is 32.3 Å². The van der Waals surface area contributed by atoms with Crippen LogP contribution in [-0.2, 0) is 4.79 Å². The third kappa shape index (κ3) is 2.98. The van der Waals surface area contributed by atoms with Gasteiger partial charge in [0.25, 0.3) is 5.91 Å². The number of carboxylic acids is 1. The highest BCUT2D eigenvalue weighted by Gasteiger charge is 2.27. The molecule has 15 heavy (non-hydrogen) atoms. The number of amides is 1. The zero-order valence-corrected chi connectivity index (χ0v) is 9.17. The number of hydrogen-bond acceptors (Lipinski definition) is 5. The van der Waals surface area contributed by atoms with Gasteiger partial charge in [-0.25, -0.2) is 0 Å². The number of aromatic nitrogens is 2. The molecular formula is C8H11N3O3S. The molecule has 0 radical (unpaired) electrons. The molecular weight excluding hydrogens is 218 g/mol. The standard InChI is InChI=1S/C8H11N3O3S/c1-8(2,7(13)14)4-9-6(12)5-3-10-15-11-5/h3H,4H2,1-2H3,(H,9,12)(H,13,14). The van der Waals surface area contributed by atoms with Crippen LogP contribution in [0.25, 0.3) is 0 Å². The molecule has 1 aromatic heterocycles. The normalized spacial score (nSPS) is 11.1. The van der Waals surface area contributed by atoms with Gasteiger partial charge in [-0.05, 0) is 13.8 Å². The van der Waals surface area contributed by atoms with Gasteiger partial charge in [0.2, 0.25) is 0 Å². The highest BCUT2D eigenvalue weighted by molar-refractivity contribution is 6.99. The molecule has 0 aliphatic heterocycles. The van der Waals surface area contributed by atoms with Gasteiger partial charge in [0, 0.05) is 6.54 Å². The van der Waals surface area contributed by atoms with E-state index in [1.807, 2.05) is 0 Å². The quantitative estimate of drug-likeness (QED) is 0.778. The number of nitrogens with one attached hydrogen (secondary N) is 1. The van der Waals surface area contributed by atoms with Gasteiger partial charge in [-0.2, -0.15) is 8.75 Å². The second-order valence-electron chi connectivity index (χ2n) is 3.66. The molecule has 0 aliphatic carbocycles. The predicted octanol–water partition coefficient (Wildman–Crippen LogP) is 0.379. The lowest BCUT2D eigenvalue weighted by Crippen LogP contribution is -2.38. The molecule has 2 N–H and O–H groups in total. The summed E-state index contributed by atoms with van der Waals surface area (Å²) in [6.07, 6.45) is 1.34. The molecule has 1 rings (SSSR count). The minimum absolute atomic E-state index is 0.0543. The van der Waals surface area contributed by atoms with Crippen LogP contribution in [0.1, 0.15) is 24.3 Å². The van der Waals surface area contributed by atoms with Crippen LogP contribution in [0.15, 0.2) is 6.20 Å². The summed E-state index contributed by atoms with van der Waals surface area (Å²) in [5, 5.41) is 11.3. The van der Waals surface area contributed by atoms with Crippen molar-refractivity contribution in [3.63, 3.8) is 0 Å². The first-order valence-electron chi connectivity index (χ1n) is 4.22. The Balaban J connectivity index is 2.51. The number of hydrogen-bond donors (Lipinski definition) is 2. The Labute approximate surface area is 90.7 Å². The minimum atomic E-state index is -0.987. The van der Waals surface area contributed by atoms with Gasteiger partial charge in [-0.15, -0.1) is 0 Å². The van der Waals surface area contributed by atoms with Gasteiger partial charge in [0.05, 0.1) is 23.3 Å². The fraction of sp³-hybridized carbons (Fsp3) is 0.500. The van der Waals surface area contributed by atoms with E-state index in [0.717, 1.165) is 11.7 Å². The Hall–Kier alpha value is -1.50. The molecule has 7 heteroatoms. The molecule has 0 fully saturated rings. The largest absolute Gasteiger partial charge is 0.481 e. The summed E-state index contributed by atoms with van der Waals surface area (Å²) in [6, 6.07) is 0. The summed E-state index contributed by atoms with van der Waals surface area (Å²) in [7, 11) is 0. The average Bonchev–Trinajstić information content (AvgIpc) is 2.66. The fourth-order valence-corrected chi connectivity index (χ4v) is 1.14. The van der Waals surface area contributed by atoms with Crippen LogP contribution in [0, 0.1) is 5.41 Å². The van der Waals surface area contributed by atoms with E-state index < -0.39 is 17.3 Å². The summed E-state index contributed by atoms with van der Waals surface area (Å²) >= 11 is 0.930. The van der Waals surface area contributed by atoms with Crippen molar-refractivity contribution in [3.05, 3.63) is 11.9 Å². The Morgan fingerprint density at radius 2 is 2.27 bits per heavy atom. The number of nitrogens with zero attached hydrogens (tertiary/aromatic N) is 2. The third-order valence-electron chi connectivity index (χ3n) is 1.86. The van der Waals surface area contributed by atoms with Gasteiger partial charge >= 0.3 is 5.97 Å². The van der Waals surface area contributed by atoms with E-state index in [1.165, 1.54) is 20.0 Å². The maximum Gasteiger partial charge on any atom is 0.310 e. The average molecular weight is 229 g/mol. The van der Waals surface area contributed by atoms with Crippen LogP contribution >= 0.6 is 11.7 Å². The summed E-state index contributed by atoms with van der Waals surface area (Å²) in [4.78, 5) is 22.1. The van der Waals surface area contributed by atoms with Crippen LogP contribution in [0.4, 0.5) is 0 Å². The molecule has 0 aromatic carbocycles. The highest BCUT2D eigenvalue weighted by atomic mass is 32.1. The van der Waals surface area contributed by atoms with Crippen LogP contribution < -0.4 is 5.32 Å². The predicted molar refractivity (Wildman–Crippen MR) is 53.7 cm³/mol.